The van der Waals surface area contributed by atoms with Crippen LogP contribution in [-0.4, -0.2) is 19.2 Å². The van der Waals surface area contributed by atoms with Crippen LogP contribution < -0.4 is 4.72 Å². The third-order valence-electron chi connectivity index (χ3n) is 2.75. The van der Waals surface area contributed by atoms with Gasteiger partial charge in [0.2, 0.25) is 5.82 Å². The molecule has 1 aromatic carbocycles. The van der Waals surface area contributed by atoms with Gasteiger partial charge in [0.05, 0.1) is 16.7 Å². The van der Waals surface area contributed by atoms with Gasteiger partial charge in [-0.25, -0.2) is 13.1 Å². The fraction of sp³-hybridized carbons (Fsp3) is 0.0833. The summed E-state index contributed by atoms with van der Waals surface area (Å²) in [7, 11) is -4.62. The Labute approximate surface area is 123 Å². The number of rotatable bonds is 4. The lowest BCUT2D eigenvalue weighted by Gasteiger charge is -2.07. The van der Waals surface area contributed by atoms with Crippen LogP contribution in [-0.2, 0) is 10.0 Å². The summed E-state index contributed by atoms with van der Waals surface area (Å²) in [5, 5.41) is 10.8. The molecular formula is C12H9FN2O6S. The molecule has 0 saturated carbocycles. The second kappa shape index (κ2) is 5.56. The molecule has 0 saturated heterocycles. The van der Waals surface area contributed by atoms with Crippen LogP contribution in [0.3, 0.4) is 0 Å². The molecule has 0 aliphatic rings. The molecule has 8 nitrogen and oxygen atoms in total. The van der Waals surface area contributed by atoms with E-state index in [1.165, 1.54) is 19.3 Å². The molecule has 0 bridgehead atoms. The lowest BCUT2D eigenvalue weighted by Crippen LogP contribution is -2.31. The zero-order chi connectivity index (χ0) is 16.5. The largest absolute Gasteiger partial charge is 0.469 e. The van der Waals surface area contributed by atoms with E-state index in [9.17, 15) is 27.7 Å². The zero-order valence-corrected chi connectivity index (χ0v) is 11.9. The van der Waals surface area contributed by atoms with Gasteiger partial charge in [0, 0.05) is 0 Å². The van der Waals surface area contributed by atoms with Crippen LogP contribution in [0, 0.1) is 22.9 Å². The lowest BCUT2D eigenvalue weighted by molar-refractivity contribution is -0.390. The Balaban J connectivity index is 2.44. The molecule has 116 valence electrons. The number of hydrogen-bond donors (Lipinski definition) is 1. The van der Waals surface area contributed by atoms with E-state index in [-0.39, 0.29) is 11.3 Å². The van der Waals surface area contributed by atoms with Crippen LogP contribution in [0.2, 0.25) is 0 Å². The van der Waals surface area contributed by atoms with Crippen LogP contribution in [0.15, 0.2) is 39.8 Å². The van der Waals surface area contributed by atoms with Gasteiger partial charge >= 0.3 is 5.69 Å². The molecule has 0 unspecified atom stereocenters. The summed E-state index contributed by atoms with van der Waals surface area (Å²) in [4.78, 5) is 20.6. The van der Waals surface area contributed by atoms with E-state index < -0.39 is 37.3 Å². The summed E-state index contributed by atoms with van der Waals surface area (Å²) in [5.41, 5.74) is -1.28. The van der Waals surface area contributed by atoms with Gasteiger partial charge in [-0.1, -0.05) is 6.07 Å². The maximum absolute atomic E-state index is 13.5. The van der Waals surface area contributed by atoms with Crippen molar-refractivity contribution >= 4 is 21.6 Å². The number of benzene rings is 1. The van der Waals surface area contributed by atoms with Crippen LogP contribution in [0.4, 0.5) is 10.1 Å². The van der Waals surface area contributed by atoms with Crippen molar-refractivity contribution in [3.8, 4) is 0 Å². The number of amides is 1. The first-order valence-electron chi connectivity index (χ1n) is 5.78. The van der Waals surface area contributed by atoms with Crippen LogP contribution in [0.1, 0.15) is 16.1 Å². The first-order valence-corrected chi connectivity index (χ1v) is 7.26. The number of nitrogens with one attached hydrogen (secondary N) is 1. The van der Waals surface area contributed by atoms with E-state index in [1.54, 1.807) is 4.72 Å². The van der Waals surface area contributed by atoms with E-state index >= 15 is 0 Å². The Kier molecular flexibility index (Phi) is 3.95. The Bertz CT molecular complexity index is 858. The van der Waals surface area contributed by atoms with Crippen molar-refractivity contribution in [2.24, 2.45) is 0 Å². The number of halogens is 1. The number of para-hydroxylation sites is 1. The maximum Gasteiger partial charge on any atom is 0.325 e. The van der Waals surface area contributed by atoms with E-state index in [1.807, 2.05) is 0 Å². The molecule has 1 aromatic heterocycles. The number of hydrogen-bond acceptors (Lipinski definition) is 6. The lowest BCUT2D eigenvalue weighted by atomic mass is 10.2. The Morgan fingerprint density at radius 2 is 2.05 bits per heavy atom. The first-order chi connectivity index (χ1) is 10.2. The molecule has 10 heteroatoms. The monoisotopic (exact) mass is 328 g/mol. The highest BCUT2D eigenvalue weighted by Gasteiger charge is 2.31. The van der Waals surface area contributed by atoms with Gasteiger partial charge in [-0.15, -0.1) is 0 Å². The number of aryl methyl sites for hydroxylation is 1. The Hall–Kier alpha value is -2.75. The van der Waals surface area contributed by atoms with Gasteiger partial charge in [0.1, 0.15) is 5.76 Å². The van der Waals surface area contributed by atoms with Gasteiger partial charge in [-0.2, -0.15) is 4.39 Å². The molecule has 1 amide bonds. The number of sulfonamides is 1. The topological polar surface area (TPSA) is 120 Å². The summed E-state index contributed by atoms with van der Waals surface area (Å²) in [6.45, 7) is 1.44. The van der Waals surface area contributed by atoms with Crippen molar-refractivity contribution in [1.82, 2.24) is 4.72 Å². The van der Waals surface area contributed by atoms with Crippen molar-refractivity contribution < 1.29 is 26.9 Å². The molecule has 1 heterocycles. The SMILES string of the molecule is Cc1occc1C(=O)NS(=O)(=O)c1cccc(F)c1[N+](=O)[O-]. The van der Waals surface area contributed by atoms with Crippen molar-refractivity contribution in [3.63, 3.8) is 0 Å². The minimum absolute atomic E-state index is 0.0531. The first kappa shape index (κ1) is 15.6. The molecule has 0 fully saturated rings. The van der Waals surface area contributed by atoms with Crippen LogP contribution >= 0.6 is 0 Å². The fourth-order valence-electron chi connectivity index (χ4n) is 1.74. The van der Waals surface area contributed by atoms with Crippen LogP contribution in [0.5, 0.6) is 0 Å². The molecule has 0 radical (unpaired) electrons. The fourth-order valence-corrected chi connectivity index (χ4v) is 2.89. The predicted molar refractivity (Wildman–Crippen MR) is 71.2 cm³/mol. The number of nitro groups is 1. The molecule has 2 rings (SSSR count). The second-order valence-corrected chi connectivity index (χ2v) is 5.82. The highest BCUT2D eigenvalue weighted by molar-refractivity contribution is 7.90. The van der Waals surface area contributed by atoms with Gasteiger partial charge in [0.25, 0.3) is 15.9 Å². The molecule has 22 heavy (non-hydrogen) atoms. The van der Waals surface area contributed by atoms with Crippen molar-refractivity contribution in [2.45, 2.75) is 11.8 Å². The number of furan rings is 1. The predicted octanol–water partition coefficient (Wildman–Crippen LogP) is 1.75. The van der Waals surface area contributed by atoms with E-state index in [0.29, 0.717) is 0 Å². The summed E-state index contributed by atoms with van der Waals surface area (Å²) in [6.07, 6.45) is 1.18. The number of nitro benzene ring substituents is 1. The van der Waals surface area contributed by atoms with E-state index in [0.717, 1.165) is 18.2 Å². The summed E-state index contributed by atoms with van der Waals surface area (Å²) in [6, 6.07) is 3.81. The highest BCUT2D eigenvalue weighted by atomic mass is 32.2. The highest BCUT2D eigenvalue weighted by Crippen LogP contribution is 2.26. The van der Waals surface area contributed by atoms with E-state index in [2.05, 4.69) is 0 Å². The standard InChI is InChI=1S/C12H9FN2O6S/c1-7-8(5-6-21-7)12(16)14-22(19,20)10-4-2-3-9(13)11(10)15(17)18/h2-6H,1H3,(H,14,16). The molecular weight excluding hydrogens is 319 g/mol. The third-order valence-corrected chi connectivity index (χ3v) is 4.11. The quantitative estimate of drug-likeness (QED) is 0.674. The van der Waals surface area contributed by atoms with Gasteiger partial charge < -0.3 is 4.42 Å². The summed E-state index contributed by atoms with van der Waals surface area (Å²) < 4.78 is 44.2. The van der Waals surface area contributed by atoms with Crippen molar-refractivity contribution in [1.29, 1.82) is 0 Å². The smallest absolute Gasteiger partial charge is 0.325 e. The number of carbonyl (C=O) groups is 1. The summed E-state index contributed by atoms with van der Waals surface area (Å²) >= 11 is 0. The molecule has 2 aromatic rings. The molecule has 0 aliphatic carbocycles. The number of carbonyl (C=O) groups excluding carboxylic acids is 1. The molecule has 0 aliphatic heterocycles. The van der Waals surface area contributed by atoms with Gasteiger partial charge in [-0.05, 0) is 25.1 Å². The second-order valence-electron chi connectivity index (χ2n) is 4.17. The zero-order valence-electron chi connectivity index (χ0n) is 11.1. The van der Waals surface area contributed by atoms with Crippen molar-refractivity contribution in [2.75, 3.05) is 0 Å². The maximum atomic E-state index is 13.5. The van der Waals surface area contributed by atoms with E-state index in [4.69, 9.17) is 4.42 Å². The molecule has 0 spiro atoms. The minimum atomic E-state index is -4.62. The molecule has 0 atom stereocenters. The third kappa shape index (κ3) is 2.81. The average molecular weight is 328 g/mol. The van der Waals surface area contributed by atoms with Crippen molar-refractivity contribution in [3.05, 3.63) is 57.8 Å². The Morgan fingerprint density at radius 1 is 1.36 bits per heavy atom. The molecule has 1 N–H and O–H groups in total. The Morgan fingerprint density at radius 3 is 2.59 bits per heavy atom. The average Bonchev–Trinajstić information content (AvgIpc) is 2.83. The normalized spacial score (nSPS) is 11.2. The minimum Gasteiger partial charge on any atom is -0.469 e. The van der Waals surface area contributed by atoms with Gasteiger partial charge in [-0.3, -0.25) is 14.9 Å². The summed E-state index contributed by atoms with van der Waals surface area (Å²) in [5.74, 6) is -2.19. The number of nitrogens with zero attached hydrogens (tertiary/aromatic N) is 1. The van der Waals surface area contributed by atoms with Gasteiger partial charge in [0.15, 0.2) is 4.90 Å². The van der Waals surface area contributed by atoms with Crippen LogP contribution in [0.25, 0.3) is 0 Å².